The van der Waals surface area contributed by atoms with Crippen molar-refractivity contribution in [3.05, 3.63) is 41.0 Å². The summed E-state index contributed by atoms with van der Waals surface area (Å²) in [5, 5.41) is 17.6. The molecule has 3 nitrogen and oxygen atoms in total. The molecule has 0 aliphatic rings. The normalized spacial score (nSPS) is 10.9. The molecular weight excluding hydrogens is 208 g/mol. The second-order valence-corrected chi connectivity index (χ2v) is 3.32. The number of benzene rings is 1. The molecule has 0 aromatic heterocycles. The van der Waals surface area contributed by atoms with Gasteiger partial charge in [0.05, 0.1) is 0 Å². The minimum Gasteiger partial charge on any atom is -0.444 e. The van der Waals surface area contributed by atoms with Gasteiger partial charge in [-0.25, -0.2) is 0 Å². The fourth-order valence-corrected chi connectivity index (χ4v) is 1.28. The SMILES string of the molecule is CSC(C#N)=C(C#N)Oc1ccccc1. The van der Waals surface area contributed by atoms with Crippen molar-refractivity contribution in [3.63, 3.8) is 0 Å². The molecule has 1 aromatic carbocycles. The van der Waals surface area contributed by atoms with Gasteiger partial charge in [0.1, 0.15) is 22.8 Å². The molecule has 0 saturated carbocycles. The molecule has 0 N–H and O–H groups in total. The highest BCUT2D eigenvalue weighted by Crippen LogP contribution is 2.19. The van der Waals surface area contributed by atoms with Crippen LogP contribution in [0, 0.1) is 22.7 Å². The van der Waals surface area contributed by atoms with Gasteiger partial charge in [-0.3, -0.25) is 0 Å². The lowest BCUT2D eigenvalue weighted by molar-refractivity contribution is 0.447. The number of ether oxygens (including phenoxy) is 1. The highest BCUT2D eigenvalue weighted by atomic mass is 32.2. The summed E-state index contributed by atoms with van der Waals surface area (Å²) in [5.41, 5.74) is 0. The van der Waals surface area contributed by atoms with E-state index in [1.165, 1.54) is 11.8 Å². The summed E-state index contributed by atoms with van der Waals surface area (Å²) in [4.78, 5) is 0.279. The largest absolute Gasteiger partial charge is 0.444 e. The summed E-state index contributed by atoms with van der Waals surface area (Å²) >= 11 is 1.19. The van der Waals surface area contributed by atoms with Crippen molar-refractivity contribution < 1.29 is 4.74 Å². The Morgan fingerprint density at radius 2 is 1.87 bits per heavy atom. The van der Waals surface area contributed by atoms with Crippen LogP contribution in [-0.2, 0) is 0 Å². The Balaban J connectivity index is 2.95. The van der Waals surface area contributed by atoms with Gasteiger partial charge in [0.2, 0.25) is 5.76 Å². The molecule has 0 unspecified atom stereocenters. The zero-order valence-corrected chi connectivity index (χ0v) is 8.91. The van der Waals surface area contributed by atoms with Crippen LogP contribution in [0.2, 0.25) is 0 Å². The third-order valence-electron chi connectivity index (χ3n) is 1.58. The maximum absolute atomic E-state index is 8.82. The monoisotopic (exact) mass is 216 g/mol. The van der Waals surface area contributed by atoms with Gasteiger partial charge in [0.25, 0.3) is 0 Å². The third kappa shape index (κ3) is 3.05. The summed E-state index contributed by atoms with van der Waals surface area (Å²) < 4.78 is 5.28. The molecule has 4 heteroatoms. The van der Waals surface area contributed by atoms with Gasteiger partial charge in [-0.2, -0.15) is 10.5 Å². The Hall–Kier alpha value is -1.91. The van der Waals surface area contributed by atoms with E-state index in [4.69, 9.17) is 15.3 Å². The lowest BCUT2D eigenvalue weighted by atomic mass is 10.3. The van der Waals surface area contributed by atoms with Gasteiger partial charge in [0, 0.05) is 0 Å². The topological polar surface area (TPSA) is 56.8 Å². The standard InChI is InChI=1S/C11H8N2OS/c1-15-11(8-13)10(7-12)14-9-5-3-2-4-6-9/h2-6H,1H3. The fourth-order valence-electron chi connectivity index (χ4n) is 0.915. The van der Waals surface area contributed by atoms with Crippen LogP contribution in [0.5, 0.6) is 5.75 Å². The van der Waals surface area contributed by atoms with E-state index >= 15 is 0 Å². The zero-order chi connectivity index (χ0) is 11.1. The Kier molecular flexibility index (Phi) is 4.28. The van der Waals surface area contributed by atoms with E-state index in [9.17, 15) is 0 Å². The number of thioether (sulfide) groups is 1. The molecular formula is C11H8N2OS. The summed E-state index contributed by atoms with van der Waals surface area (Å²) in [5.74, 6) is 0.590. The van der Waals surface area contributed by atoms with Crippen LogP contribution >= 0.6 is 11.8 Å². The predicted octanol–water partition coefficient (Wildman–Crippen LogP) is 2.69. The Morgan fingerprint density at radius 1 is 1.20 bits per heavy atom. The number of allylic oxidation sites excluding steroid dienone is 2. The summed E-state index contributed by atoms with van der Waals surface area (Å²) in [6.07, 6.45) is 1.73. The van der Waals surface area contributed by atoms with Crippen LogP contribution in [0.25, 0.3) is 0 Å². The maximum atomic E-state index is 8.82. The fraction of sp³-hybridized carbons (Fsp3) is 0.0909. The van der Waals surface area contributed by atoms with Gasteiger partial charge in [-0.1, -0.05) is 18.2 Å². The van der Waals surface area contributed by atoms with Crippen LogP contribution in [0.15, 0.2) is 41.0 Å². The molecule has 1 aromatic rings. The average molecular weight is 216 g/mol. The van der Waals surface area contributed by atoms with Crippen LogP contribution in [0.3, 0.4) is 0 Å². The number of hydrogen-bond acceptors (Lipinski definition) is 4. The maximum Gasteiger partial charge on any atom is 0.228 e. The molecule has 0 atom stereocenters. The third-order valence-corrected chi connectivity index (χ3v) is 2.26. The molecule has 1 rings (SSSR count). The molecule has 74 valence electrons. The lowest BCUT2D eigenvalue weighted by Crippen LogP contribution is -1.95. The first-order valence-electron chi connectivity index (χ1n) is 4.13. The number of nitriles is 2. The molecule has 0 bridgehead atoms. The van der Waals surface area contributed by atoms with Gasteiger partial charge in [-0.05, 0) is 18.4 Å². The minimum atomic E-state index is 0.0381. The molecule has 0 saturated heterocycles. The van der Waals surface area contributed by atoms with Crippen molar-refractivity contribution in [1.82, 2.24) is 0 Å². The number of para-hydroxylation sites is 1. The second kappa shape index (κ2) is 5.74. The molecule has 0 amide bonds. The first kappa shape index (κ1) is 11.2. The zero-order valence-electron chi connectivity index (χ0n) is 8.10. The highest BCUT2D eigenvalue weighted by Gasteiger charge is 2.07. The van der Waals surface area contributed by atoms with Crippen LogP contribution in [0.1, 0.15) is 0 Å². The summed E-state index contributed by atoms with van der Waals surface area (Å²) in [6, 6.07) is 12.7. The molecule has 0 radical (unpaired) electrons. The van der Waals surface area contributed by atoms with E-state index < -0.39 is 0 Å². The summed E-state index contributed by atoms with van der Waals surface area (Å²) in [6.45, 7) is 0. The van der Waals surface area contributed by atoms with Crippen molar-refractivity contribution in [2.45, 2.75) is 0 Å². The highest BCUT2D eigenvalue weighted by molar-refractivity contribution is 8.02. The van der Waals surface area contributed by atoms with E-state index in [-0.39, 0.29) is 10.7 Å². The van der Waals surface area contributed by atoms with Crippen molar-refractivity contribution in [3.8, 4) is 17.9 Å². The van der Waals surface area contributed by atoms with Crippen LogP contribution in [0.4, 0.5) is 0 Å². The second-order valence-electron chi connectivity index (χ2n) is 2.50. The Bertz CT molecular complexity index is 440. The van der Waals surface area contributed by atoms with Gasteiger partial charge < -0.3 is 4.74 Å². The molecule has 0 aliphatic carbocycles. The Morgan fingerprint density at radius 3 is 2.33 bits per heavy atom. The van der Waals surface area contributed by atoms with Crippen molar-refractivity contribution in [1.29, 1.82) is 10.5 Å². The molecule has 0 heterocycles. The molecule has 0 aliphatic heterocycles. The van der Waals surface area contributed by atoms with E-state index in [1.807, 2.05) is 18.2 Å². The minimum absolute atomic E-state index is 0.0381. The van der Waals surface area contributed by atoms with E-state index in [2.05, 4.69) is 0 Å². The summed E-state index contributed by atoms with van der Waals surface area (Å²) in [7, 11) is 0. The van der Waals surface area contributed by atoms with Gasteiger partial charge in [-0.15, -0.1) is 11.8 Å². The smallest absolute Gasteiger partial charge is 0.228 e. The van der Waals surface area contributed by atoms with Crippen LogP contribution in [-0.4, -0.2) is 6.26 Å². The predicted molar refractivity (Wildman–Crippen MR) is 58.8 cm³/mol. The first-order chi connectivity index (χ1) is 7.31. The molecule has 0 fully saturated rings. The number of nitrogens with zero attached hydrogens (tertiary/aromatic N) is 2. The number of rotatable bonds is 3. The van der Waals surface area contributed by atoms with Gasteiger partial charge >= 0.3 is 0 Å². The van der Waals surface area contributed by atoms with Crippen LogP contribution < -0.4 is 4.74 Å². The van der Waals surface area contributed by atoms with E-state index in [0.717, 1.165) is 0 Å². The molecule has 15 heavy (non-hydrogen) atoms. The first-order valence-corrected chi connectivity index (χ1v) is 5.35. The Labute approximate surface area is 92.6 Å². The average Bonchev–Trinajstić information content (AvgIpc) is 2.30. The lowest BCUT2D eigenvalue weighted by Gasteiger charge is -2.03. The van der Waals surface area contributed by atoms with Crippen molar-refractivity contribution >= 4 is 11.8 Å². The van der Waals surface area contributed by atoms with Gasteiger partial charge in [0.15, 0.2) is 0 Å². The van der Waals surface area contributed by atoms with E-state index in [1.54, 1.807) is 30.5 Å². The molecule has 0 spiro atoms. The van der Waals surface area contributed by atoms with Crippen molar-refractivity contribution in [2.75, 3.05) is 6.26 Å². The number of hydrogen-bond donors (Lipinski definition) is 0. The quantitative estimate of drug-likeness (QED) is 0.575. The van der Waals surface area contributed by atoms with Crippen molar-refractivity contribution in [2.24, 2.45) is 0 Å². The van der Waals surface area contributed by atoms with E-state index in [0.29, 0.717) is 5.75 Å².